The van der Waals surface area contributed by atoms with E-state index in [1.165, 1.54) is 0 Å². The van der Waals surface area contributed by atoms with Crippen molar-refractivity contribution in [1.82, 2.24) is 19.4 Å². The molecule has 0 N–H and O–H groups in total. The third kappa shape index (κ3) is 2.35. The molecular formula is C19H19IrN4-. The van der Waals surface area contributed by atoms with Crippen LogP contribution < -0.4 is 0 Å². The Kier molecular flexibility index (Phi) is 3.97. The molecule has 4 aromatic rings. The second kappa shape index (κ2) is 5.61. The second-order valence-electron chi connectivity index (χ2n) is 7.10. The van der Waals surface area contributed by atoms with Gasteiger partial charge in [0, 0.05) is 31.6 Å². The molecule has 0 bridgehead atoms. The first-order valence-electron chi connectivity index (χ1n) is 7.84. The Labute approximate surface area is 154 Å². The minimum absolute atomic E-state index is 0. The summed E-state index contributed by atoms with van der Waals surface area (Å²) in [4.78, 5) is 14.1. The molecule has 0 aliphatic rings. The van der Waals surface area contributed by atoms with Gasteiger partial charge in [0.1, 0.15) is 0 Å². The summed E-state index contributed by atoms with van der Waals surface area (Å²) in [5, 5.41) is 0.886. The second-order valence-corrected chi connectivity index (χ2v) is 7.10. The van der Waals surface area contributed by atoms with Gasteiger partial charge in [0.15, 0.2) is 0 Å². The average molecular weight is 496 g/mol. The molecule has 4 nitrogen and oxygen atoms in total. The third-order valence-electron chi connectivity index (χ3n) is 4.42. The van der Waals surface area contributed by atoms with Crippen molar-refractivity contribution in [2.75, 3.05) is 0 Å². The van der Waals surface area contributed by atoms with Crippen LogP contribution in [0.25, 0.3) is 27.6 Å². The largest absolute Gasteiger partial charge is 0.338 e. The van der Waals surface area contributed by atoms with E-state index in [1.54, 1.807) is 0 Å². The normalized spacial score (nSPS) is 12.0. The fourth-order valence-corrected chi connectivity index (χ4v) is 2.98. The first kappa shape index (κ1) is 17.0. The van der Waals surface area contributed by atoms with Crippen molar-refractivity contribution < 1.29 is 20.1 Å². The van der Waals surface area contributed by atoms with Gasteiger partial charge in [-0.3, -0.25) is 4.98 Å². The number of aryl methyl sites for hydroxylation is 2. The van der Waals surface area contributed by atoms with Crippen LogP contribution in [0, 0.1) is 20.0 Å². The Hall–Kier alpha value is -1.84. The molecule has 1 radical (unpaired) electrons. The standard InChI is InChI=1S/C19H19N4.Ir/c1-11-12(2)23-15-9-7-6-8-14(15)21-17(23)13-10-20-18(19(3,4)5)22-16(11)13;/h6-9H,1-5H3;/q-1;. The van der Waals surface area contributed by atoms with Crippen molar-refractivity contribution in [1.29, 1.82) is 0 Å². The van der Waals surface area contributed by atoms with Crippen molar-refractivity contribution in [3.63, 3.8) is 0 Å². The Bertz CT molecular complexity index is 1070. The van der Waals surface area contributed by atoms with E-state index in [1.807, 2.05) is 18.2 Å². The maximum atomic E-state index is 4.83. The van der Waals surface area contributed by atoms with Crippen molar-refractivity contribution in [3.05, 3.63) is 47.5 Å². The molecule has 0 unspecified atom stereocenters. The van der Waals surface area contributed by atoms with E-state index in [2.05, 4.69) is 56.3 Å². The van der Waals surface area contributed by atoms with Gasteiger partial charge in [0.05, 0.1) is 16.7 Å². The zero-order chi connectivity index (χ0) is 16.4. The van der Waals surface area contributed by atoms with Gasteiger partial charge >= 0.3 is 0 Å². The summed E-state index contributed by atoms with van der Waals surface area (Å²) < 4.78 is 2.18. The molecule has 1 aromatic carbocycles. The maximum Gasteiger partial charge on any atom is 0.0774 e. The smallest absolute Gasteiger partial charge is 0.0774 e. The summed E-state index contributed by atoms with van der Waals surface area (Å²) in [7, 11) is 0. The summed E-state index contributed by atoms with van der Waals surface area (Å²) >= 11 is 0. The van der Waals surface area contributed by atoms with E-state index >= 15 is 0 Å². The molecule has 0 aliphatic heterocycles. The van der Waals surface area contributed by atoms with Crippen LogP contribution in [0.5, 0.6) is 0 Å². The number of nitrogens with zero attached hydrogens (tertiary/aromatic N) is 4. The molecule has 0 amide bonds. The van der Waals surface area contributed by atoms with Crippen LogP contribution >= 0.6 is 0 Å². The number of rotatable bonds is 0. The Morgan fingerprint density at radius 1 is 1.04 bits per heavy atom. The van der Waals surface area contributed by atoms with Crippen LogP contribution in [0.3, 0.4) is 0 Å². The topological polar surface area (TPSA) is 43.1 Å². The minimum atomic E-state index is -0.0999. The molecule has 0 saturated heterocycles. The summed E-state index contributed by atoms with van der Waals surface area (Å²) in [6.07, 6.45) is 3.20. The van der Waals surface area contributed by atoms with Crippen molar-refractivity contribution in [2.24, 2.45) is 0 Å². The van der Waals surface area contributed by atoms with Gasteiger partial charge in [0.25, 0.3) is 0 Å². The van der Waals surface area contributed by atoms with E-state index in [0.717, 1.165) is 44.7 Å². The van der Waals surface area contributed by atoms with E-state index in [9.17, 15) is 0 Å². The number of benzene rings is 1. The van der Waals surface area contributed by atoms with Gasteiger partial charge in [-0.25, -0.2) is 0 Å². The van der Waals surface area contributed by atoms with Crippen molar-refractivity contribution in [3.8, 4) is 0 Å². The molecule has 24 heavy (non-hydrogen) atoms. The zero-order valence-electron chi connectivity index (χ0n) is 14.4. The number of fused-ring (bicyclic) bond motifs is 5. The zero-order valence-corrected chi connectivity index (χ0v) is 16.8. The summed E-state index contributed by atoms with van der Waals surface area (Å²) in [5.74, 6) is 0.813. The molecule has 0 saturated carbocycles. The number of imidazole rings is 1. The molecule has 0 aliphatic carbocycles. The monoisotopic (exact) mass is 496 g/mol. The van der Waals surface area contributed by atoms with Crippen LogP contribution in [-0.4, -0.2) is 19.4 Å². The summed E-state index contributed by atoms with van der Waals surface area (Å²) in [6, 6.07) is 8.18. The molecule has 3 aromatic heterocycles. The van der Waals surface area contributed by atoms with Crippen LogP contribution in [0.1, 0.15) is 37.9 Å². The predicted octanol–water partition coefficient (Wildman–Crippen LogP) is 4.14. The first-order valence-corrected chi connectivity index (χ1v) is 7.84. The fourth-order valence-electron chi connectivity index (χ4n) is 2.98. The molecule has 0 fully saturated rings. The van der Waals surface area contributed by atoms with E-state index < -0.39 is 0 Å². The molecule has 0 spiro atoms. The summed E-state index contributed by atoms with van der Waals surface area (Å²) in [6.45, 7) is 10.6. The van der Waals surface area contributed by atoms with Crippen LogP contribution in [0.2, 0.25) is 0 Å². The molecule has 3 heterocycles. The minimum Gasteiger partial charge on any atom is -0.338 e. The molecule has 4 rings (SSSR count). The van der Waals surface area contributed by atoms with Crippen molar-refractivity contribution in [2.45, 2.75) is 40.0 Å². The van der Waals surface area contributed by atoms with Gasteiger partial charge in [-0.1, -0.05) is 38.3 Å². The molecular weight excluding hydrogens is 476 g/mol. The summed E-state index contributed by atoms with van der Waals surface area (Å²) in [5.41, 5.74) is 6.13. The Morgan fingerprint density at radius 2 is 1.75 bits per heavy atom. The predicted molar refractivity (Wildman–Crippen MR) is 92.8 cm³/mol. The van der Waals surface area contributed by atoms with Gasteiger partial charge in [-0.2, -0.15) is 0 Å². The van der Waals surface area contributed by atoms with Crippen LogP contribution in [-0.2, 0) is 25.5 Å². The maximum absolute atomic E-state index is 4.83. The van der Waals surface area contributed by atoms with Gasteiger partial charge < -0.3 is 14.4 Å². The van der Waals surface area contributed by atoms with Gasteiger partial charge in [0.2, 0.25) is 0 Å². The van der Waals surface area contributed by atoms with E-state index in [-0.39, 0.29) is 25.5 Å². The van der Waals surface area contributed by atoms with Crippen LogP contribution in [0.15, 0.2) is 24.3 Å². The number of pyridine rings is 1. The average Bonchev–Trinajstić information content (AvgIpc) is 2.91. The molecule has 0 atom stereocenters. The van der Waals surface area contributed by atoms with Crippen molar-refractivity contribution >= 4 is 27.6 Å². The number of para-hydroxylation sites is 2. The number of aromatic nitrogens is 4. The third-order valence-corrected chi connectivity index (χ3v) is 4.42. The Morgan fingerprint density at radius 3 is 2.46 bits per heavy atom. The SMILES string of the molecule is Cc1c(C)n2c3ccccc3nc2c2[c-]nc(C(C)(C)C)nc12.[Ir]. The quantitative estimate of drug-likeness (QED) is 0.345. The fraction of sp³-hybridized carbons (Fsp3) is 0.316. The van der Waals surface area contributed by atoms with E-state index in [0.29, 0.717) is 0 Å². The van der Waals surface area contributed by atoms with Crippen LogP contribution in [0.4, 0.5) is 0 Å². The first-order chi connectivity index (χ1) is 10.9. The Balaban J connectivity index is 0.00000169. The number of hydrogen-bond acceptors (Lipinski definition) is 3. The van der Waals surface area contributed by atoms with E-state index in [4.69, 9.17) is 9.97 Å². The molecule has 5 heteroatoms. The van der Waals surface area contributed by atoms with Gasteiger partial charge in [-0.05, 0) is 48.7 Å². The number of hydrogen-bond donors (Lipinski definition) is 0. The van der Waals surface area contributed by atoms with Gasteiger partial charge in [-0.15, -0.1) is 0 Å². The molecule has 125 valence electrons.